The van der Waals surface area contributed by atoms with Crippen LogP contribution >= 0.6 is 0 Å². The summed E-state index contributed by atoms with van der Waals surface area (Å²) in [6.45, 7) is 8.27. The molecule has 0 radical (unpaired) electrons. The van der Waals surface area contributed by atoms with Crippen LogP contribution in [-0.2, 0) is 0 Å². The minimum Gasteiger partial charge on any atom is -0.361 e. The number of rotatable bonds is 4. The lowest BCUT2D eigenvalue weighted by Crippen LogP contribution is -2.30. The highest BCUT2D eigenvalue weighted by atomic mass is 15.2. The zero-order valence-electron chi connectivity index (χ0n) is 7.28. The Morgan fingerprint density at radius 2 is 1.90 bits per heavy atom. The van der Waals surface area contributed by atoms with E-state index in [0.717, 1.165) is 31.8 Å². The first-order valence-electron chi connectivity index (χ1n) is 4.08. The zero-order chi connectivity index (χ0) is 7.98. The summed E-state index contributed by atoms with van der Waals surface area (Å²) in [4.78, 5) is 2.11. The lowest BCUT2D eigenvalue weighted by atomic mass is 10.3. The molecule has 0 aliphatic heterocycles. The first-order chi connectivity index (χ1) is 4.76. The molecule has 0 heterocycles. The minimum atomic E-state index is 0.768. The Bertz CT molecular complexity index is 99.4. The summed E-state index contributed by atoms with van der Waals surface area (Å²) in [6, 6.07) is 0. The maximum absolute atomic E-state index is 7.52. The SMILES string of the molecule is CCCN(CC)C(=N)CC. The summed E-state index contributed by atoms with van der Waals surface area (Å²) < 4.78 is 0. The van der Waals surface area contributed by atoms with E-state index >= 15 is 0 Å². The summed E-state index contributed by atoms with van der Waals surface area (Å²) >= 11 is 0. The highest BCUT2D eigenvalue weighted by Crippen LogP contribution is 1.94. The van der Waals surface area contributed by atoms with Crippen molar-refractivity contribution in [1.82, 2.24) is 4.90 Å². The second-order valence-corrected chi connectivity index (χ2v) is 2.38. The summed E-state index contributed by atoms with van der Waals surface area (Å²) in [7, 11) is 0. The molecule has 60 valence electrons. The molecule has 0 aromatic carbocycles. The van der Waals surface area contributed by atoms with E-state index in [0.29, 0.717) is 0 Å². The van der Waals surface area contributed by atoms with Gasteiger partial charge in [0.15, 0.2) is 0 Å². The van der Waals surface area contributed by atoms with E-state index in [2.05, 4.69) is 18.7 Å². The third kappa shape index (κ3) is 2.85. The molecular weight excluding hydrogens is 124 g/mol. The molecule has 1 N–H and O–H groups in total. The monoisotopic (exact) mass is 142 g/mol. The Hall–Kier alpha value is -0.530. The van der Waals surface area contributed by atoms with Gasteiger partial charge in [-0.1, -0.05) is 13.8 Å². The molecule has 0 spiro atoms. The van der Waals surface area contributed by atoms with Crippen molar-refractivity contribution in [3.63, 3.8) is 0 Å². The molecule has 0 atom stereocenters. The van der Waals surface area contributed by atoms with Gasteiger partial charge in [0.05, 0.1) is 5.84 Å². The van der Waals surface area contributed by atoms with Gasteiger partial charge in [-0.25, -0.2) is 0 Å². The molecule has 0 saturated heterocycles. The smallest absolute Gasteiger partial charge is 0.0954 e. The molecule has 0 aliphatic carbocycles. The van der Waals surface area contributed by atoms with Crippen molar-refractivity contribution < 1.29 is 0 Å². The van der Waals surface area contributed by atoms with Crippen LogP contribution in [0.3, 0.4) is 0 Å². The van der Waals surface area contributed by atoms with Crippen molar-refractivity contribution in [2.75, 3.05) is 13.1 Å². The van der Waals surface area contributed by atoms with E-state index < -0.39 is 0 Å². The van der Waals surface area contributed by atoms with Crippen molar-refractivity contribution in [3.05, 3.63) is 0 Å². The number of amidine groups is 1. The highest BCUT2D eigenvalue weighted by molar-refractivity contribution is 5.78. The Morgan fingerprint density at radius 3 is 2.20 bits per heavy atom. The van der Waals surface area contributed by atoms with Gasteiger partial charge in [-0.05, 0) is 13.3 Å². The first kappa shape index (κ1) is 9.47. The minimum absolute atomic E-state index is 0.768. The average Bonchev–Trinajstić information content (AvgIpc) is 1.99. The lowest BCUT2D eigenvalue weighted by Gasteiger charge is -2.21. The maximum Gasteiger partial charge on any atom is 0.0954 e. The van der Waals surface area contributed by atoms with E-state index in [1.165, 1.54) is 0 Å². The Balaban J connectivity index is 3.68. The van der Waals surface area contributed by atoms with Crippen LogP contribution in [0.5, 0.6) is 0 Å². The number of hydrogen-bond donors (Lipinski definition) is 1. The Kier molecular flexibility index (Phi) is 4.99. The second kappa shape index (κ2) is 5.27. The quantitative estimate of drug-likeness (QED) is 0.472. The normalized spacial score (nSPS) is 9.50. The highest BCUT2D eigenvalue weighted by Gasteiger charge is 2.01. The molecule has 0 aromatic rings. The van der Waals surface area contributed by atoms with Crippen molar-refractivity contribution >= 4 is 5.84 Å². The van der Waals surface area contributed by atoms with E-state index in [1.807, 2.05) is 6.92 Å². The van der Waals surface area contributed by atoms with Gasteiger partial charge in [-0.3, -0.25) is 5.41 Å². The predicted octanol–water partition coefficient (Wildman–Crippen LogP) is 2.11. The van der Waals surface area contributed by atoms with Crippen molar-refractivity contribution in [1.29, 1.82) is 5.41 Å². The van der Waals surface area contributed by atoms with Gasteiger partial charge >= 0.3 is 0 Å². The second-order valence-electron chi connectivity index (χ2n) is 2.38. The molecule has 0 saturated carbocycles. The zero-order valence-corrected chi connectivity index (χ0v) is 7.28. The van der Waals surface area contributed by atoms with Crippen LogP contribution in [0.15, 0.2) is 0 Å². The van der Waals surface area contributed by atoms with Crippen molar-refractivity contribution in [2.24, 2.45) is 0 Å². The third-order valence-electron chi connectivity index (χ3n) is 1.59. The summed E-state index contributed by atoms with van der Waals surface area (Å²) in [5.41, 5.74) is 0. The van der Waals surface area contributed by atoms with Crippen molar-refractivity contribution in [3.8, 4) is 0 Å². The topological polar surface area (TPSA) is 27.1 Å². The van der Waals surface area contributed by atoms with E-state index in [1.54, 1.807) is 0 Å². The summed E-state index contributed by atoms with van der Waals surface area (Å²) in [5, 5.41) is 7.52. The number of nitrogens with zero attached hydrogens (tertiary/aromatic N) is 1. The fourth-order valence-corrected chi connectivity index (χ4v) is 0.977. The number of hydrogen-bond acceptors (Lipinski definition) is 1. The van der Waals surface area contributed by atoms with Gasteiger partial charge in [0, 0.05) is 19.5 Å². The van der Waals surface area contributed by atoms with Crippen LogP contribution in [0, 0.1) is 5.41 Å². The molecule has 0 aliphatic rings. The fourth-order valence-electron chi connectivity index (χ4n) is 0.977. The molecule has 0 bridgehead atoms. The maximum atomic E-state index is 7.52. The summed E-state index contributed by atoms with van der Waals surface area (Å²) in [6.07, 6.45) is 1.99. The van der Waals surface area contributed by atoms with Gasteiger partial charge in [0.2, 0.25) is 0 Å². The molecule has 0 rings (SSSR count). The average molecular weight is 142 g/mol. The van der Waals surface area contributed by atoms with Crippen LogP contribution in [0.1, 0.15) is 33.6 Å². The van der Waals surface area contributed by atoms with Crippen LogP contribution in [0.2, 0.25) is 0 Å². The van der Waals surface area contributed by atoms with Crippen LogP contribution in [0.4, 0.5) is 0 Å². The third-order valence-corrected chi connectivity index (χ3v) is 1.59. The summed E-state index contributed by atoms with van der Waals surface area (Å²) in [5.74, 6) is 0.768. The number of nitrogens with one attached hydrogen (secondary N) is 1. The fraction of sp³-hybridized carbons (Fsp3) is 0.875. The largest absolute Gasteiger partial charge is 0.361 e. The first-order valence-corrected chi connectivity index (χ1v) is 4.08. The Labute approximate surface area is 63.7 Å². The van der Waals surface area contributed by atoms with Gasteiger partial charge < -0.3 is 4.90 Å². The molecule has 0 aromatic heterocycles. The molecule has 0 fully saturated rings. The molecule has 0 amide bonds. The van der Waals surface area contributed by atoms with Crippen molar-refractivity contribution in [2.45, 2.75) is 33.6 Å². The van der Waals surface area contributed by atoms with Gasteiger partial charge in [-0.15, -0.1) is 0 Å². The molecule has 10 heavy (non-hydrogen) atoms. The molecular formula is C8H18N2. The van der Waals surface area contributed by atoms with Crippen LogP contribution in [0.25, 0.3) is 0 Å². The molecule has 2 heteroatoms. The van der Waals surface area contributed by atoms with Crippen LogP contribution < -0.4 is 0 Å². The lowest BCUT2D eigenvalue weighted by molar-refractivity contribution is 0.429. The molecule has 0 unspecified atom stereocenters. The van der Waals surface area contributed by atoms with Gasteiger partial charge in [0.25, 0.3) is 0 Å². The van der Waals surface area contributed by atoms with Gasteiger partial charge in [-0.2, -0.15) is 0 Å². The standard InChI is InChI=1S/C8H18N2/c1-4-7-10(6-3)8(9)5-2/h9H,4-7H2,1-3H3. The molecule has 2 nitrogen and oxygen atoms in total. The van der Waals surface area contributed by atoms with Gasteiger partial charge in [0.1, 0.15) is 0 Å². The Morgan fingerprint density at radius 1 is 1.30 bits per heavy atom. The van der Waals surface area contributed by atoms with E-state index in [9.17, 15) is 0 Å². The van der Waals surface area contributed by atoms with E-state index in [4.69, 9.17) is 5.41 Å². The van der Waals surface area contributed by atoms with Crippen LogP contribution in [-0.4, -0.2) is 23.8 Å². The van der Waals surface area contributed by atoms with E-state index in [-0.39, 0.29) is 0 Å². The predicted molar refractivity (Wildman–Crippen MR) is 45.6 cm³/mol.